The standard InChI is InChI=1S/C14H14F2O4/c15-11-7-9(1-2-13(17)18)8-12(16)14(11)20-10-3-5-19-6-4-10/h1-2,7-8,10H,3-6H2,(H,17,18). The van der Waals surface area contributed by atoms with Crippen LogP contribution < -0.4 is 4.74 Å². The van der Waals surface area contributed by atoms with Crippen LogP contribution in [0.5, 0.6) is 5.75 Å². The quantitative estimate of drug-likeness (QED) is 0.863. The molecule has 2 rings (SSSR count). The van der Waals surface area contributed by atoms with E-state index >= 15 is 0 Å². The van der Waals surface area contributed by atoms with Crippen LogP contribution in [0.15, 0.2) is 18.2 Å². The third kappa shape index (κ3) is 3.77. The van der Waals surface area contributed by atoms with Crippen LogP contribution in [0.1, 0.15) is 18.4 Å². The predicted molar refractivity (Wildman–Crippen MR) is 67.5 cm³/mol. The van der Waals surface area contributed by atoms with E-state index < -0.39 is 23.4 Å². The molecule has 0 amide bonds. The minimum absolute atomic E-state index is 0.127. The lowest BCUT2D eigenvalue weighted by Crippen LogP contribution is -2.26. The second kappa shape index (κ2) is 6.47. The first kappa shape index (κ1) is 14.5. The summed E-state index contributed by atoms with van der Waals surface area (Å²) in [5.74, 6) is -3.30. The summed E-state index contributed by atoms with van der Waals surface area (Å²) >= 11 is 0. The normalized spacial score (nSPS) is 16.5. The van der Waals surface area contributed by atoms with Gasteiger partial charge in [-0.05, 0) is 23.8 Å². The lowest BCUT2D eigenvalue weighted by molar-refractivity contribution is -0.131. The van der Waals surface area contributed by atoms with E-state index in [1.807, 2.05) is 0 Å². The van der Waals surface area contributed by atoms with Crippen molar-refractivity contribution < 1.29 is 28.2 Å². The van der Waals surface area contributed by atoms with Gasteiger partial charge >= 0.3 is 5.97 Å². The van der Waals surface area contributed by atoms with Crippen LogP contribution in [0.25, 0.3) is 6.08 Å². The van der Waals surface area contributed by atoms with E-state index in [4.69, 9.17) is 14.6 Å². The number of rotatable bonds is 4. The largest absolute Gasteiger partial charge is 0.484 e. The van der Waals surface area contributed by atoms with Crippen molar-refractivity contribution in [3.05, 3.63) is 35.4 Å². The van der Waals surface area contributed by atoms with Gasteiger partial charge in [0.05, 0.1) is 13.2 Å². The highest BCUT2D eigenvalue weighted by Crippen LogP contribution is 2.27. The van der Waals surface area contributed by atoms with Crippen molar-refractivity contribution >= 4 is 12.0 Å². The first-order valence-electron chi connectivity index (χ1n) is 6.20. The molecule has 0 aromatic heterocycles. The Balaban J connectivity index is 2.15. The van der Waals surface area contributed by atoms with Crippen LogP contribution >= 0.6 is 0 Å². The zero-order chi connectivity index (χ0) is 14.5. The van der Waals surface area contributed by atoms with Gasteiger partial charge < -0.3 is 14.6 Å². The SMILES string of the molecule is O=C(O)C=Cc1cc(F)c(OC2CCOCC2)c(F)c1. The summed E-state index contributed by atoms with van der Waals surface area (Å²) in [5.41, 5.74) is 0.127. The molecule has 1 saturated heterocycles. The molecule has 1 aliphatic rings. The molecule has 0 radical (unpaired) electrons. The predicted octanol–water partition coefficient (Wildman–Crippen LogP) is 2.62. The minimum atomic E-state index is -1.19. The summed E-state index contributed by atoms with van der Waals surface area (Å²) in [7, 11) is 0. The average Bonchev–Trinajstić information content (AvgIpc) is 2.42. The van der Waals surface area contributed by atoms with Crippen molar-refractivity contribution in [3.8, 4) is 5.75 Å². The Morgan fingerprint density at radius 2 is 1.90 bits per heavy atom. The maximum atomic E-state index is 13.8. The Bertz CT molecular complexity index is 499. The van der Waals surface area contributed by atoms with Crippen molar-refractivity contribution in [2.75, 3.05) is 13.2 Å². The number of carboxylic acid groups (broad SMARTS) is 1. The van der Waals surface area contributed by atoms with E-state index in [1.165, 1.54) is 0 Å². The lowest BCUT2D eigenvalue weighted by Gasteiger charge is -2.23. The van der Waals surface area contributed by atoms with Gasteiger partial charge in [-0.3, -0.25) is 0 Å². The van der Waals surface area contributed by atoms with Crippen molar-refractivity contribution in [2.24, 2.45) is 0 Å². The average molecular weight is 284 g/mol. The van der Waals surface area contributed by atoms with Gasteiger partial charge in [0, 0.05) is 18.9 Å². The zero-order valence-electron chi connectivity index (χ0n) is 10.6. The van der Waals surface area contributed by atoms with E-state index in [0.717, 1.165) is 24.3 Å². The highest BCUT2D eigenvalue weighted by Gasteiger charge is 2.20. The molecule has 6 heteroatoms. The molecule has 0 atom stereocenters. The first-order valence-corrected chi connectivity index (χ1v) is 6.20. The van der Waals surface area contributed by atoms with E-state index in [2.05, 4.69) is 0 Å². The maximum absolute atomic E-state index is 13.8. The number of carboxylic acids is 1. The third-order valence-electron chi connectivity index (χ3n) is 2.89. The molecule has 4 nitrogen and oxygen atoms in total. The summed E-state index contributed by atoms with van der Waals surface area (Å²) in [4.78, 5) is 10.4. The molecule has 0 bridgehead atoms. The highest BCUT2D eigenvalue weighted by molar-refractivity contribution is 5.85. The van der Waals surface area contributed by atoms with Gasteiger partial charge in [-0.25, -0.2) is 13.6 Å². The molecule has 0 unspecified atom stereocenters. The van der Waals surface area contributed by atoms with Crippen LogP contribution in [0.4, 0.5) is 8.78 Å². The summed E-state index contributed by atoms with van der Waals surface area (Å²) in [6, 6.07) is 2.08. The van der Waals surface area contributed by atoms with E-state index in [-0.39, 0.29) is 11.7 Å². The Kier molecular flexibility index (Phi) is 4.68. The van der Waals surface area contributed by atoms with Gasteiger partial charge in [-0.1, -0.05) is 0 Å². The fraction of sp³-hybridized carbons (Fsp3) is 0.357. The first-order chi connectivity index (χ1) is 9.56. The Labute approximate surface area is 114 Å². The van der Waals surface area contributed by atoms with Crippen LogP contribution in [0.2, 0.25) is 0 Å². The van der Waals surface area contributed by atoms with Gasteiger partial charge in [0.2, 0.25) is 0 Å². The minimum Gasteiger partial charge on any atom is -0.484 e. The molecule has 1 N–H and O–H groups in total. The number of aliphatic carboxylic acids is 1. The van der Waals surface area contributed by atoms with E-state index in [9.17, 15) is 13.6 Å². The molecule has 1 fully saturated rings. The fourth-order valence-electron chi connectivity index (χ4n) is 1.92. The maximum Gasteiger partial charge on any atom is 0.328 e. The highest BCUT2D eigenvalue weighted by atomic mass is 19.1. The monoisotopic (exact) mass is 284 g/mol. The number of benzene rings is 1. The molecular weight excluding hydrogens is 270 g/mol. The molecule has 1 aromatic rings. The summed E-state index contributed by atoms with van der Waals surface area (Å²) in [5, 5.41) is 8.47. The van der Waals surface area contributed by atoms with Gasteiger partial charge in [0.15, 0.2) is 17.4 Å². The number of ether oxygens (including phenoxy) is 2. The van der Waals surface area contributed by atoms with Gasteiger partial charge in [-0.15, -0.1) is 0 Å². The smallest absolute Gasteiger partial charge is 0.328 e. The third-order valence-corrected chi connectivity index (χ3v) is 2.89. The number of halogens is 2. The van der Waals surface area contributed by atoms with Crippen LogP contribution in [-0.4, -0.2) is 30.4 Å². The zero-order valence-corrected chi connectivity index (χ0v) is 10.6. The van der Waals surface area contributed by atoms with E-state index in [1.54, 1.807) is 0 Å². The Morgan fingerprint density at radius 1 is 1.30 bits per heavy atom. The van der Waals surface area contributed by atoms with Crippen molar-refractivity contribution in [1.29, 1.82) is 0 Å². The summed E-state index contributed by atoms with van der Waals surface area (Å²) < 4.78 is 38.1. The van der Waals surface area contributed by atoms with Crippen LogP contribution in [0.3, 0.4) is 0 Å². The molecule has 108 valence electrons. The number of hydrogen-bond acceptors (Lipinski definition) is 3. The van der Waals surface area contributed by atoms with Crippen molar-refractivity contribution in [2.45, 2.75) is 18.9 Å². The Hall–Kier alpha value is -1.95. The molecule has 0 aliphatic carbocycles. The topological polar surface area (TPSA) is 55.8 Å². The molecule has 0 spiro atoms. The second-order valence-corrected chi connectivity index (χ2v) is 4.41. The molecule has 20 heavy (non-hydrogen) atoms. The molecule has 1 aromatic carbocycles. The molecular formula is C14H14F2O4. The molecule has 1 heterocycles. The van der Waals surface area contributed by atoms with Crippen LogP contribution in [0, 0.1) is 11.6 Å². The molecule has 0 saturated carbocycles. The summed E-state index contributed by atoms with van der Waals surface area (Å²) in [6.07, 6.45) is 2.83. The van der Waals surface area contributed by atoms with Crippen molar-refractivity contribution in [3.63, 3.8) is 0 Å². The van der Waals surface area contributed by atoms with Crippen molar-refractivity contribution in [1.82, 2.24) is 0 Å². The van der Waals surface area contributed by atoms with Gasteiger partial charge in [0.1, 0.15) is 6.10 Å². The lowest BCUT2D eigenvalue weighted by atomic mass is 10.1. The van der Waals surface area contributed by atoms with Gasteiger partial charge in [-0.2, -0.15) is 0 Å². The molecule has 1 aliphatic heterocycles. The van der Waals surface area contributed by atoms with Gasteiger partial charge in [0.25, 0.3) is 0 Å². The number of carbonyl (C=O) groups is 1. The number of hydrogen-bond donors (Lipinski definition) is 1. The Morgan fingerprint density at radius 3 is 2.45 bits per heavy atom. The van der Waals surface area contributed by atoms with Crippen LogP contribution in [-0.2, 0) is 9.53 Å². The van der Waals surface area contributed by atoms with E-state index in [0.29, 0.717) is 26.1 Å². The second-order valence-electron chi connectivity index (χ2n) is 4.41. The fourth-order valence-corrected chi connectivity index (χ4v) is 1.92. The summed E-state index contributed by atoms with van der Waals surface area (Å²) in [6.45, 7) is 1.01.